The van der Waals surface area contributed by atoms with Crippen LogP contribution in [0.3, 0.4) is 0 Å². The predicted octanol–water partition coefficient (Wildman–Crippen LogP) is 6.17. The van der Waals surface area contributed by atoms with Gasteiger partial charge in [-0.2, -0.15) is 29.9 Å². The molecule has 0 aliphatic carbocycles. The highest BCUT2D eigenvalue weighted by molar-refractivity contribution is 5.63. The van der Waals surface area contributed by atoms with E-state index in [4.69, 9.17) is 17.2 Å². The van der Waals surface area contributed by atoms with E-state index in [-0.39, 0.29) is 0 Å². The van der Waals surface area contributed by atoms with Gasteiger partial charge in [-0.25, -0.2) is 0 Å². The smallest absolute Gasteiger partial charge is 0.233 e. The number of hydrogen-bond acceptors (Lipinski definition) is 15. The first-order chi connectivity index (χ1) is 25.4. The Hall–Kier alpha value is -6.90. The zero-order chi connectivity index (χ0) is 36.1. The average molecular weight is 698 g/mol. The van der Waals surface area contributed by atoms with Crippen LogP contribution in [0.4, 0.5) is 69.8 Å². The van der Waals surface area contributed by atoms with Gasteiger partial charge < -0.3 is 49.1 Å². The van der Waals surface area contributed by atoms with Crippen LogP contribution < -0.4 is 49.1 Å². The first-order valence-electron chi connectivity index (χ1n) is 17.1. The second-order valence-electron chi connectivity index (χ2n) is 12.0. The van der Waals surface area contributed by atoms with Crippen molar-refractivity contribution in [2.45, 2.75) is 26.2 Å². The lowest BCUT2D eigenvalue weighted by atomic mass is 10.1. The number of nitrogens with two attached hydrogens (primary N) is 3. The number of nitrogens with zero attached hydrogens (tertiary/aromatic N) is 6. The molecule has 6 rings (SSSR count). The molecule has 2 heterocycles. The van der Waals surface area contributed by atoms with E-state index in [2.05, 4.69) is 80.9 Å². The zero-order valence-electron chi connectivity index (χ0n) is 28.9. The van der Waals surface area contributed by atoms with Crippen molar-refractivity contribution >= 4 is 69.8 Å². The van der Waals surface area contributed by atoms with Gasteiger partial charge in [0, 0.05) is 53.8 Å². The lowest BCUT2D eigenvalue weighted by Gasteiger charge is -2.13. The summed E-state index contributed by atoms with van der Waals surface area (Å²) in [6.07, 6.45) is 2.45. The van der Waals surface area contributed by atoms with Crippen LogP contribution in [0.1, 0.15) is 24.5 Å². The summed E-state index contributed by atoms with van der Waals surface area (Å²) in [7, 11) is 0. The minimum absolute atomic E-state index is 0.374. The minimum atomic E-state index is 0.374. The van der Waals surface area contributed by atoms with Crippen molar-refractivity contribution in [1.29, 1.82) is 0 Å². The summed E-state index contributed by atoms with van der Waals surface area (Å²) in [5.74, 6) is 2.57. The Morgan fingerprint density at radius 1 is 0.423 bits per heavy atom. The number of anilines is 12. The van der Waals surface area contributed by atoms with Gasteiger partial charge in [-0.1, -0.05) is 43.3 Å². The first-order valence-corrected chi connectivity index (χ1v) is 17.1. The van der Waals surface area contributed by atoms with Crippen molar-refractivity contribution in [3.05, 3.63) is 108 Å². The molecule has 12 N–H and O–H groups in total. The third-order valence-electron chi connectivity index (χ3n) is 7.67. The lowest BCUT2D eigenvalue weighted by molar-refractivity contribution is 0.928. The van der Waals surface area contributed by atoms with Crippen LogP contribution in [-0.4, -0.2) is 49.5 Å². The molecule has 0 amide bonds. The van der Waals surface area contributed by atoms with Crippen LogP contribution in [0, 0.1) is 0 Å². The Balaban J connectivity index is 1.09. The van der Waals surface area contributed by atoms with Gasteiger partial charge in [-0.05, 0) is 91.1 Å². The number of hydrogen-bond donors (Lipinski definition) is 9. The maximum Gasteiger partial charge on any atom is 0.233 e. The quantitative estimate of drug-likeness (QED) is 0.0486. The van der Waals surface area contributed by atoms with Crippen molar-refractivity contribution in [2.75, 3.05) is 68.7 Å². The normalized spacial score (nSPS) is 10.7. The van der Waals surface area contributed by atoms with Crippen molar-refractivity contribution in [1.82, 2.24) is 29.9 Å². The van der Waals surface area contributed by atoms with E-state index < -0.39 is 0 Å². The van der Waals surface area contributed by atoms with Crippen molar-refractivity contribution < 1.29 is 0 Å². The molecule has 0 unspecified atom stereocenters. The molecule has 0 atom stereocenters. The molecule has 0 aliphatic heterocycles. The van der Waals surface area contributed by atoms with Crippen LogP contribution in [0.2, 0.25) is 0 Å². The van der Waals surface area contributed by atoms with E-state index in [0.717, 1.165) is 59.7 Å². The molecule has 52 heavy (non-hydrogen) atoms. The molecule has 266 valence electrons. The Morgan fingerprint density at radius 2 is 0.827 bits per heavy atom. The van der Waals surface area contributed by atoms with Crippen LogP contribution in [0.15, 0.2) is 97.1 Å². The summed E-state index contributed by atoms with van der Waals surface area (Å²) in [6.45, 7) is 4.06. The number of nitrogen functional groups attached to an aromatic ring is 3. The molecule has 15 heteroatoms. The number of nitrogens with one attached hydrogen (secondary N) is 6. The van der Waals surface area contributed by atoms with Gasteiger partial charge in [0.25, 0.3) is 0 Å². The molecule has 0 fully saturated rings. The summed E-state index contributed by atoms with van der Waals surface area (Å²) in [5.41, 5.74) is 24.4. The largest absolute Gasteiger partial charge is 0.399 e. The van der Waals surface area contributed by atoms with Gasteiger partial charge in [0.15, 0.2) is 0 Å². The van der Waals surface area contributed by atoms with Crippen LogP contribution in [0.25, 0.3) is 0 Å². The zero-order valence-corrected chi connectivity index (χ0v) is 28.9. The third-order valence-corrected chi connectivity index (χ3v) is 7.67. The van der Waals surface area contributed by atoms with Crippen molar-refractivity contribution in [3.8, 4) is 0 Å². The lowest BCUT2D eigenvalue weighted by Crippen LogP contribution is -2.13. The molecular weight excluding hydrogens is 655 g/mol. The Kier molecular flexibility index (Phi) is 11.5. The maximum absolute atomic E-state index is 5.99. The fraction of sp³-hybridized carbons (Fsp3) is 0.189. The second kappa shape index (κ2) is 17.2. The molecule has 0 aliphatic rings. The number of benzene rings is 4. The van der Waals surface area contributed by atoms with Gasteiger partial charge >= 0.3 is 0 Å². The summed E-state index contributed by atoms with van der Waals surface area (Å²) in [4.78, 5) is 27.4. The SMILES string of the molecule is CCCNc1nc(NCCc2ccc(Nc3nc(NCCc4ccc(N)cc4)nc(Nc4cccc(N)c4)n3)cc2)nc(Nc2cccc(N)c2)n1. The molecule has 6 aromatic rings. The molecule has 2 aromatic heterocycles. The van der Waals surface area contributed by atoms with Crippen molar-refractivity contribution in [3.63, 3.8) is 0 Å². The van der Waals surface area contributed by atoms with E-state index >= 15 is 0 Å². The topological polar surface area (TPSA) is 228 Å². The van der Waals surface area contributed by atoms with E-state index in [1.165, 1.54) is 0 Å². The molecule has 0 radical (unpaired) electrons. The monoisotopic (exact) mass is 697 g/mol. The number of rotatable bonds is 17. The summed E-state index contributed by atoms with van der Waals surface area (Å²) >= 11 is 0. The standard InChI is InChI=1S/C37H43N15/c1-2-19-41-32-47-33(49-36(48-32)45-30-7-3-5-27(39)22-30)42-21-18-25-11-15-29(16-12-25)44-35-50-34(43-20-17-24-9-13-26(38)14-10-24)51-37(52-35)46-31-8-4-6-28(40)23-31/h3-16,22-23H,2,17-21,38-40H2,1H3,(H3,41,42,45,47,48,49)(H3,43,44,46,50,51,52). The highest BCUT2D eigenvalue weighted by atomic mass is 15.3. The van der Waals surface area contributed by atoms with Gasteiger partial charge in [0.05, 0.1) is 0 Å². The molecular formula is C37H43N15. The average Bonchev–Trinajstić information content (AvgIpc) is 3.12. The molecule has 4 aromatic carbocycles. The maximum atomic E-state index is 5.99. The molecule has 0 saturated carbocycles. The minimum Gasteiger partial charge on any atom is -0.399 e. The Morgan fingerprint density at radius 3 is 1.29 bits per heavy atom. The molecule has 0 saturated heterocycles. The molecule has 15 nitrogen and oxygen atoms in total. The molecule has 0 spiro atoms. The highest BCUT2D eigenvalue weighted by Crippen LogP contribution is 2.22. The van der Waals surface area contributed by atoms with Crippen LogP contribution in [-0.2, 0) is 12.8 Å². The van der Waals surface area contributed by atoms with E-state index in [9.17, 15) is 0 Å². The summed E-state index contributed by atoms with van der Waals surface area (Å²) in [6, 6.07) is 30.7. The predicted molar refractivity (Wildman–Crippen MR) is 212 cm³/mol. The van der Waals surface area contributed by atoms with Crippen LogP contribution >= 0.6 is 0 Å². The second-order valence-corrected chi connectivity index (χ2v) is 12.0. The molecule has 0 bridgehead atoms. The summed E-state index contributed by atoms with van der Waals surface area (Å²) in [5, 5.41) is 19.6. The van der Waals surface area contributed by atoms with Crippen molar-refractivity contribution in [2.24, 2.45) is 0 Å². The summed E-state index contributed by atoms with van der Waals surface area (Å²) < 4.78 is 0. The van der Waals surface area contributed by atoms with Gasteiger partial charge in [-0.3, -0.25) is 0 Å². The van der Waals surface area contributed by atoms with E-state index in [1.807, 2.05) is 84.9 Å². The first kappa shape index (κ1) is 34.9. The highest BCUT2D eigenvalue weighted by Gasteiger charge is 2.10. The van der Waals surface area contributed by atoms with Gasteiger partial charge in [0.1, 0.15) is 0 Å². The van der Waals surface area contributed by atoms with Crippen LogP contribution in [0.5, 0.6) is 0 Å². The van der Waals surface area contributed by atoms with Gasteiger partial charge in [0.2, 0.25) is 35.7 Å². The fourth-order valence-corrected chi connectivity index (χ4v) is 5.09. The Bertz CT molecular complexity index is 2050. The third kappa shape index (κ3) is 10.5. The van der Waals surface area contributed by atoms with Gasteiger partial charge in [-0.15, -0.1) is 0 Å². The number of aromatic nitrogens is 6. The fourth-order valence-electron chi connectivity index (χ4n) is 5.09. The van der Waals surface area contributed by atoms with E-state index in [1.54, 1.807) is 0 Å². The van der Waals surface area contributed by atoms with E-state index in [0.29, 0.717) is 60.2 Å². The Labute approximate surface area is 302 Å².